The predicted octanol–water partition coefficient (Wildman–Crippen LogP) is 1.87. The number of nitrogens with zero attached hydrogens (tertiary/aromatic N) is 2. The number of amides is 3. The standard InChI is InChI=1S/C22H25N3O5S/c1-14(2)19(25-21(27)16-10-6-7-11-17(16)22(25)28)20(26)23-13-15-9-5-8-12-18(15)31(29,30)24(3)4/h5-12,14,19H,13H2,1-4H3,(H,23,26). The Morgan fingerprint density at radius 2 is 1.48 bits per heavy atom. The van der Waals surface area contributed by atoms with Crippen LogP contribution in [0.2, 0.25) is 0 Å². The van der Waals surface area contributed by atoms with Crippen molar-refractivity contribution in [3.63, 3.8) is 0 Å². The first-order valence-corrected chi connectivity index (χ1v) is 11.3. The summed E-state index contributed by atoms with van der Waals surface area (Å²) in [7, 11) is -0.834. The van der Waals surface area contributed by atoms with Crippen LogP contribution in [0.3, 0.4) is 0 Å². The van der Waals surface area contributed by atoms with E-state index in [1.54, 1.807) is 56.3 Å². The van der Waals surface area contributed by atoms with Gasteiger partial charge in [0, 0.05) is 20.6 Å². The first-order chi connectivity index (χ1) is 14.6. The summed E-state index contributed by atoms with van der Waals surface area (Å²) < 4.78 is 26.3. The fourth-order valence-electron chi connectivity index (χ4n) is 3.56. The molecule has 0 aliphatic carbocycles. The van der Waals surface area contributed by atoms with Crippen LogP contribution in [0.5, 0.6) is 0 Å². The van der Waals surface area contributed by atoms with E-state index in [9.17, 15) is 22.8 Å². The van der Waals surface area contributed by atoms with Gasteiger partial charge in [0.25, 0.3) is 11.8 Å². The second kappa shape index (κ2) is 8.60. The Morgan fingerprint density at radius 3 is 2.00 bits per heavy atom. The Bertz CT molecular complexity index is 1110. The van der Waals surface area contributed by atoms with Crippen LogP contribution >= 0.6 is 0 Å². The molecule has 2 aromatic rings. The maximum atomic E-state index is 13.1. The lowest BCUT2D eigenvalue weighted by Gasteiger charge is -2.28. The van der Waals surface area contributed by atoms with Gasteiger partial charge in [-0.15, -0.1) is 0 Å². The molecule has 0 radical (unpaired) electrons. The lowest BCUT2D eigenvalue weighted by molar-refractivity contribution is -0.126. The lowest BCUT2D eigenvalue weighted by atomic mass is 10.0. The fraction of sp³-hybridized carbons (Fsp3) is 0.318. The predicted molar refractivity (Wildman–Crippen MR) is 115 cm³/mol. The van der Waals surface area contributed by atoms with Gasteiger partial charge in [0.2, 0.25) is 15.9 Å². The van der Waals surface area contributed by atoms with Crippen LogP contribution in [0.25, 0.3) is 0 Å². The molecule has 164 valence electrons. The zero-order valence-electron chi connectivity index (χ0n) is 17.8. The summed E-state index contributed by atoms with van der Waals surface area (Å²) in [5.74, 6) is -1.89. The van der Waals surface area contributed by atoms with E-state index in [0.29, 0.717) is 5.56 Å². The largest absolute Gasteiger partial charge is 0.350 e. The molecular weight excluding hydrogens is 418 g/mol. The second-order valence-corrected chi connectivity index (χ2v) is 9.95. The van der Waals surface area contributed by atoms with Crippen molar-refractivity contribution in [3.05, 3.63) is 65.2 Å². The van der Waals surface area contributed by atoms with E-state index < -0.39 is 33.8 Å². The smallest absolute Gasteiger partial charge is 0.262 e. The van der Waals surface area contributed by atoms with Crippen molar-refractivity contribution < 1.29 is 22.8 Å². The Balaban J connectivity index is 1.85. The van der Waals surface area contributed by atoms with Crippen molar-refractivity contribution in [2.24, 2.45) is 5.92 Å². The zero-order valence-corrected chi connectivity index (χ0v) is 18.6. The van der Waals surface area contributed by atoms with Crippen molar-refractivity contribution in [2.75, 3.05) is 14.1 Å². The van der Waals surface area contributed by atoms with E-state index in [1.807, 2.05) is 0 Å². The van der Waals surface area contributed by atoms with E-state index in [0.717, 1.165) is 9.21 Å². The fourth-order valence-corrected chi connectivity index (χ4v) is 4.68. The monoisotopic (exact) mass is 443 g/mol. The van der Waals surface area contributed by atoms with Gasteiger partial charge in [-0.1, -0.05) is 44.2 Å². The maximum absolute atomic E-state index is 13.1. The number of imide groups is 1. The van der Waals surface area contributed by atoms with Gasteiger partial charge >= 0.3 is 0 Å². The summed E-state index contributed by atoms with van der Waals surface area (Å²) in [5, 5.41) is 2.71. The summed E-state index contributed by atoms with van der Waals surface area (Å²) in [6.45, 7) is 3.44. The van der Waals surface area contributed by atoms with E-state index in [-0.39, 0.29) is 28.5 Å². The third kappa shape index (κ3) is 4.11. The molecule has 0 aromatic heterocycles. The summed E-state index contributed by atoms with van der Waals surface area (Å²) in [6.07, 6.45) is 0. The summed E-state index contributed by atoms with van der Waals surface area (Å²) in [4.78, 5) is 39.8. The topological polar surface area (TPSA) is 104 Å². The highest BCUT2D eigenvalue weighted by atomic mass is 32.2. The summed E-state index contributed by atoms with van der Waals surface area (Å²) in [6, 6.07) is 11.8. The minimum absolute atomic E-state index is 0.0610. The average molecular weight is 444 g/mol. The van der Waals surface area contributed by atoms with Crippen LogP contribution in [0.1, 0.15) is 40.1 Å². The Kier molecular flexibility index (Phi) is 6.28. The highest BCUT2D eigenvalue weighted by Gasteiger charge is 2.43. The van der Waals surface area contributed by atoms with Crippen LogP contribution in [0.15, 0.2) is 53.4 Å². The van der Waals surface area contributed by atoms with Gasteiger partial charge < -0.3 is 5.32 Å². The lowest BCUT2D eigenvalue weighted by Crippen LogP contribution is -2.52. The van der Waals surface area contributed by atoms with E-state index in [2.05, 4.69) is 5.32 Å². The maximum Gasteiger partial charge on any atom is 0.262 e. The van der Waals surface area contributed by atoms with Gasteiger partial charge in [0.1, 0.15) is 6.04 Å². The Labute approximate surface area is 181 Å². The number of carbonyl (C=O) groups is 3. The Morgan fingerprint density at radius 1 is 0.968 bits per heavy atom. The zero-order chi connectivity index (χ0) is 22.9. The SMILES string of the molecule is CC(C)C(C(=O)NCc1ccccc1S(=O)(=O)N(C)C)N1C(=O)c2ccccc2C1=O. The molecule has 1 aliphatic heterocycles. The van der Waals surface area contributed by atoms with E-state index in [1.165, 1.54) is 20.2 Å². The molecule has 0 saturated carbocycles. The minimum Gasteiger partial charge on any atom is -0.350 e. The molecule has 1 unspecified atom stereocenters. The third-order valence-corrected chi connectivity index (χ3v) is 7.10. The molecular formula is C22H25N3O5S. The van der Waals surface area contributed by atoms with Crippen molar-refractivity contribution >= 4 is 27.7 Å². The number of rotatable bonds is 7. The Hall–Kier alpha value is -3.04. The number of carbonyl (C=O) groups excluding carboxylic acids is 3. The van der Waals surface area contributed by atoms with Crippen LogP contribution in [0.4, 0.5) is 0 Å². The summed E-state index contributed by atoms with van der Waals surface area (Å²) >= 11 is 0. The molecule has 3 rings (SSSR count). The van der Waals surface area contributed by atoms with E-state index >= 15 is 0 Å². The molecule has 0 spiro atoms. The van der Waals surface area contributed by atoms with Gasteiger partial charge in [-0.2, -0.15) is 0 Å². The van der Waals surface area contributed by atoms with E-state index in [4.69, 9.17) is 0 Å². The van der Waals surface area contributed by atoms with Gasteiger partial charge in [-0.05, 0) is 29.7 Å². The molecule has 0 saturated heterocycles. The number of fused-ring (bicyclic) bond motifs is 1. The summed E-state index contributed by atoms with van der Waals surface area (Å²) in [5.41, 5.74) is 0.955. The third-order valence-electron chi connectivity index (χ3n) is 5.19. The van der Waals surface area contributed by atoms with Gasteiger partial charge in [-0.25, -0.2) is 12.7 Å². The molecule has 1 atom stereocenters. The van der Waals surface area contributed by atoms with Crippen LogP contribution in [-0.4, -0.2) is 55.5 Å². The first kappa shape index (κ1) is 22.6. The number of hydrogen-bond donors (Lipinski definition) is 1. The van der Waals surface area contributed by atoms with Crippen molar-refractivity contribution in [3.8, 4) is 0 Å². The normalized spacial score (nSPS) is 14.8. The van der Waals surface area contributed by atoms with Gasteiger partial charge in [0.15, 0.2) is 0 Å². The molecule has 0 fully saturated rings. The molecule has 31 heavy (non-hydrogen) atoms. The molecule has 9 heteroatoms. The molecule has 8 nitrogen and oxygen atoms in total. The number of benzene rings is 2. The van der Waals surface area contributed by atoms with Gasteiger partial charge in [0.05, 0.1) is 16.0 Å². The molecule has 1 N–H and O–H groups in total. The van der Waals surface area contributed by atoms with Crippen LogP contribution in [-0.2, 0) is 21.4 Å². The van der Waals surface area contributed by atoms with Gasteiger partial charge in [-0.3, -0.25) is 19.3 Å². The second-order valence-electron chi connectivity index (χ2n) is 7.83. The molecule has 2 aromatic carbocycles. The highest BCUT2D eigenvalue weighted by molar-refractivity contribution is 7.89. The highest BCUT2D eigenvalue weighted by Crippen LogP contribution is 2.27. The molecule has 3 amide bonds. The number of hydrogen-bond acceptors (Lipinski definition) is 5. The van der Waals surface area contributed by atoms with Crippen molar-refractivity contribution in [2.45, 2.75) is 31.3 Å². The van der Waals surface area contributed by atoms with Crippen LogP contribution in [0, 0.1) is 5.92 Å². The number of sulfonamides is 1. The molecule has 1 aliphatic rings. The minimum atomic E-state index is -3.70. The van der Waals surface area contributed by atoms with Crippen molar-refractivity contribution in [1.29, 1.82) is 0 Å². The average Bonchev–Trinajstić information content (AvgIpc) is 2.98. The quantitative estimate of drug-likeness (QED) is 0.658. The van der Waals surface area contributed by atoms with Crippen molar-refractivity contribution in [1.82, 2.24) is 14.5 Å². The van der Waals surface area contributed by atoms with Crippen LogP contribution < -0.4 is 5.32 Å². The molecule has 0 bridgehead atoms. The molecule has 1 heterocycles. The number of nitrogens with one attached hydrogen (secondary N) is 1. The first-order valence-electron chi connectivity index (χ1n) is 9.82.